The number of carbonyl (C=O) groups is 2. The molecule has 6 heteroatoms. The SMILES string of the molecule is CCSC1CCCC1NC(=O)c1cccc(OCC(=O)O)c1. The minimum Gasteiger partial charge on any atom is -0.482 e. The molecular formula is C16H21NO4S. The third-order valence-electron chi connectivity index (χ3n) is 3.61. The van der Waals surface area contributed by atoms with E-state index in [4.69, 9.17) is 9.84 Å². The number of rotatable bonds is 7. The minimum absolute atomic E-state index is 0.130. The summed E-state index contributed by atoms with van der Waals surface area (Å²) >= 11 is 1.89. The largest absolute Gasteiger partial charge is 0.482 e. The number of ether oxygens (including phenoxy) is 1. The van der Waals surface area contributed by atoms with Crippen molar-refractivity contribution in [1.82, 2.24) is 5.32 Å². The Labute approximate surface area is 134 Å². The lowest BCUT2D eigenvalue weighted by atomic mass is 10.1. The van der Waals surface area contributed by atoms with Gasteiger partial charge in [0.1, 0.15) is 5.75 Å². The molecule has 0 radical (unpaired) electrons. The minimum atomic E-state index is -1.04. The van der Waals surface area contributed by atoms with Crippen molar-refractivity contribution in [1.29, 1.82) is 0 Å². The third-order valence-corrected chi connectivity index (χ3v) is 4.93. The summed E-state index contributed by atoms with van der Waals surface area (Å²) in [5.41, 5.74) is 0.495. The van der Waals surface area contributed by atoms with Gasteiger partial charge in [-0.1, -0.05) is 19.4 Å². The van der Waals surface area contributed by atoms with Crippen LogP contribution in [0.5, 0.6) is 5.75 Å². The maximum Gasteiger partial charge on any atom is 0.341 e. The lowest BCUT2D eigenvalue weighted by Gasteiger charge is -2.20. The summed E-state index contributed by atoms with van der Waals surface area (Å²) in [6, 6.07) is 6.83. The summed E-state index contributed by atoms with van der Waals surface area (Å²) < 4.78 is 5.10. The number of thioether (sulfide) groups is 1. The Balaban J connectivity index is 1.97. The molecule has 1 aliphatic carbocycles. The first-order chi connectivity index (χ1) is 10.6. The first-order valence-corrected chi connectivity index (χ1v) is 8.52. The Hall–Kier alpha value is -1.69. The first-order valence-electron chi connectivity index (χ1n) is 7.47. The van der Waals surface area contributed by atoms with Gasteiger partial charge in [-0.25, -0.2) is 4.79 Å². The Morgan fingerprint density at radius 2 is 2.23 bits per heavy atom. The second-order valence-electron chi connectivity index (χ2n) is 5.21. The number of hydrogen-bond acceptors (Lipinski definition) is 4. The van der Waals surface area contributed by atoms with Gasteiger partial charge in [0.15, 0.2) is 6.61 Å². The van der Waals surface area contributed by atoms with E-state index in [1.54, 1.807) is 24.3 Å². The van der Waals surface area contributed by atoms with Gasteiger partial charge in [-0.3, -0.25) is 4.79 Å². The maximum absolute atomic E-state index is 12.3. The number of hydrogen-bond donors (Lipinski definition) is 2. The monoisotopic (exact) mass is 323 g/mol. The molecular weight excluding hydrogens is 302 g/mol. The highest BCUT2D eigenvalue weighted by Gasteiger charge is 2.28. The zero-order valence-corrected chi connectivity index (χ0v) is 13.4. The van der Waals surface area contributed by atoms with Crippen molar-refractivity contribution in [3.8, 4) is 5.75 Å². The third kappa shape index (κ3) is 4.66. The highest BCUT2D eigenvalue weighted by atomic mass is 32.2. The van der Waals surface area contributed by atoms with Gasteiger partial charge in [-0.2, -0.15) is 11.8 Å². The van der Waals surface area contributed by atoms with Crippen molar-refractivity contribution < 1.29 is 19.4 Å². The van der Waals surface area contributed by atoms with Gasteiger partial charge >= 0.3 is 5.97 Å². The quantitative estimate of drug-likeness (QED) is 0.806. The van der Waals surface area contributed by atoms with E-state index in [0.29, 0.717) is 16.6 Å². The normalized spacial score (nSPS) is 20.6. The number of nitrogens with one attached hydrogen (secondary N) is 1. The molecule has 22 heavy (non-hydrogen) atoms. The van der Waals surface area contributed by atoms with Gasteiger partial charge in [-0.05, 0) is 36.8 Å². The van der Waals surface area contributed by atoms with Crippen LogP contribution >= 0.6 is 11.8 Å². The molecule has 1 aromatic carbocycles. The lowest BCUT2D eigenvalue weighted by Crippen LogP contribution is -2.38. The zero-order valence-electron chi connectivity index (χ0n) is 12.6. The summed E-state index contributed by atoms with van der Waals surface area (Å²) in [4.78, 5) is 22.9. The van der Waals surface area contributed by atoms with E-state index in [1.807, 2.05) is 11.8 Å². The molecule has 0 aromatic heterocycles. The summed E-state index contributed by atoms with van der Waals surface area (Å²) in [5, 5.41) is 12.2. The molecule has 2 unspecified atom stereocenters. The van der Waals surface area contributed by atoms with Crippen molar-refractivity contribution in [2.75, 3.05) is 12.4 Å². The van der Waals surface area contributed by atoms with Gasteiger partial charge in [0, 0.05) is 16.9 Å². The van der Waals surface area contributed by atoms with Crippen molar-refractivity contribution in [2.45, 2.75) is 37.5 Å². The Morgan fingerprint density at radius 1 is 1.41 bits per heavy atom. The Morgan fingerprint density at radius 3 is 2.95 bits per heavy atom. The number of aliphatic carboxylic acids is 1. The zero-order chi connectivity index (χ0) is 15.9. The van der Waals surface area contributed by atoms with E-state index in [-0.39, 0.29) is 11.9 Å². The molecule has 2 atom stereocenters. The molecule has 0 aliphatic heterocycles. The lowest BCUT2D eigenvalue weighted by molar-refractivity contribution is -0.139. The summed E-state index contributed by atoms with van der Waals surface area (Å²) in [6.07, 6.45) is 3.30. The predicted octanol–water partition coefficient (Wildman–Crippen LogP) is 2.55. The van der Waals surface area contributed by atoms with E-state index in [9.17, 15) is 9.59 Å². The van der Waals surface area contributed by atoms with Crippen LogP contribution < -0.4 is 10.1 Å². The van der Waals surface area contributed by atoms with Gasteiger partial charge in [-0.15, -0.1) is 0 Å². The van der Waals surface area contributed by atoms with Gasteiger partial charge in [0.05, 0.1) is 0 Å². The standard InChI is InChI=1S/C16H21NO4S/c1-2-22-14-8-4-7-13(14)17-16(20)11-5-3-6-12(9-11)21-10-15(18)19/h3,5-6,9,13-14H,2,4,7-8,10H2,1H3,(H,17,20)(H,18,19). The van der Waals surface area contributed by atoms with Crippen molar-refractivity contribution in [3.05, 3.63) is 29.8 Å². The Kier molecular flexibility index (Phi) is 6.12. The number of carbonyl (C=O) groups excluding carboxylic acids is 1. The highest BCUT2D eigenvalue weighted by Crippen LogP contribution is 2.30. The Bertz CT molecular complexity index is 535. The van der Waals surface area contributed by atoms with E-state index >= 15 is 0 Å². The van der Waals surface area contributed by atoms with E-state index < -0.39 is 12.6 Å². The van der Waals surface area contributed by atoms with Gasteiger partial charge < -0.3 is 15.2 Å². The maximum atomic E-state index is 12.3. The molecule has 1 amide bonds. The molecule has 5 nitrogen and oxygen atoms in total. The van der Waals surface area contributed by atoms with Gasteiger partial charge in [0.25, 0.3) is 5.91 Å². The molecule has 1 saturated carbocycles. The summed E-state index contributed by atoms with van der Waals surface area (Å²) in [5.74, 6) is 0.269. The van der Waals surface area contributed by atoms with Crippen molar-refractivity contribution in [2.24, 2.45) is 0 Å². The average molecular weight is 323 g/mol. The average Bonchev–Trinajstić information content (AvgIpc) is 2.93. The molecule has 1 aromatic rings. The van der Waals surface area contributed by atoms with Gasteiger partial charge in [0.2, 0.25) is 0 Å². The van der Waals surface area contributed by atoms with Crippen LogP contribution in [-0.4, -0.2) is 40.6 Å². The van der Waals surface area contributed by atoms with Crippen LogP contribution in [0.15, 0.2) is 24.3 Å². The van der Waals surface area contributed by atoms with Crippen molar-refractivity contribution >= 4 is 23.6 Å². The van der Waals surface area contributed by atoms with Crippen LogP contribution in [0.4, 0.5) is 0 Å². The molecule has 0 spiro atoms. The summed E-state index contributed by atoms with van der Waals surface area (Å²) in [7, 11) is 0. The van der Waals surface area contributed by atoms with Crippen molar-refractivity contribution in [3.63, 3.8) is 0 Å². The number of amides is 1. The molecule has 1 fully saturated rings. The number of carboxylic acid groups (broad SMARTS) is 1. The second kappa shape index (κ2) is 8.08. The van der Waals surface area contributed by atoms with E-state index in [1.165, 1.54) is 0 Å². The van der Waals surface area contributed by atoms with Crippen LogP contribution in [0, 0.1) is 0 Å². The molecule has 120 valence electrons. The van der Waals surface area contributed by atoms with Crippen LogP contribution in [0.2, 0.25) is 0 Å². The first kappa shape index (κ1) is 16.7. The smallest absolute Gasteiger partial charge is 0.341 e. The van der Waals surface area contributed by atoms with E-state index in [2.05, 4.69) is 12.2 Å². The molecule has 0 saturated heterocycles. The molecule has 2 rings (SSSR count). The highest BCUT2D eigenvalue weighted by molar-refractivity contribution is 7.99. The van der Waals surface area contributed by atoms with Crippen LogP contribution in [0.3, 0.4) is 0 Å². The fraction of sp³-hybridized carbons (Fsp3) is 0.500. The topological polar surface area (TPSA) is 75.6 Å². The van der Waals surface area contributed by atoms with Crippen LogP contribution in [0.1, 0.15) is 36.5 Å². The second-order valence-corrected chi connectivity index (χ2v) is 6.73. The fourth-order valence-corrected chi connectivity index (χ4v) is 3.83. The number of carboxylic acids is 1. The number of benzene rings is 1. The molecule has 0 bridgehead atoms. The summed E-state index contributed by atoms with van der Waals surface area (Å²) in [6.45, 7) is 1.72. The van der Waals surface area contributed by atoms with Crippen LogP contribution in [0.25, 0.3) is 0 Å². The molecule has 1 aliphatic rings. The van der Waals surface area contributed by atoms with E-state index in [0.717, 1.165) is 25.0 Å². The molecule has 2 N–H and O–H groups in total. The van der Waals surface area contributed by atoms with Crippen LogP contribution in [-0.2, 0) is 4.79 Å². The fourth-order valence-electron chi connectivity index (χ4n) is 2.63. The molecule has 0 heterocycles. The predicted molar refractivity (Wildman–Crippen MR) is 86.6 cm³/mol.